The Bertz CT molecular complexity index is 2120. The van der Waals surface area contributed by atoms with Gasteiger partial charge in [0.2, 0.25) is 0 Å². The van der Waals surface area contributed by atoms with E-state index in [4.69, 9.17) is 0 Å². The Labute approximate surface area is 459 Å². The number of hydrogen-bond acceptors (Lipinski definition) is 0. The fraction of sp³-hybridized carbons (Fsp3) is 0.469. The average Bonchev–Trinajstić information content (AvgIpc) is 4.02. The van der Waals surface area contributed by atoms with Crippen LogP contribution in [0.2, 0.25) is 0 Å². The quantitative estimate of drug-likeness (QED) is 0.105. The molecule has 2 atom stereocenters. The summed E-state index contributed by atoms with van der Waals surface area (Å²) in [6.07, 6.45) is 17.4. The van der Waals surface area contributed by atoms with Crippen molar-refractivity contribution in [1.29, 1.82) is 0 Å². The molecule has 0 aliphatic heterocycles. The van der Waals surface area contributed by atoms with Gasteiger partial charge in [0.25, 0.3) is 0 Å². The topological polar surface area (TPSA) is 0 Å². The van der Waals surface area contributed by atoms with Gasteiger partial charge in [0.15, 0.2) is 0 Å². The van der Waals surface area contributed by atoms with Crippen molar-refractivity contribution in [3.8, 4) is 22.3 Å². The molecule has 4 aromatic rings. The van der Waals surface area contributed by atoms with E-state index in [2.05, 4.69) is 256 Å². The third-order valence-corrected chi connectivity index (χ3v) is 12.6. The van der Waals surface area contributed by atoms with Crippen molar-refractivity contribution in [2.75, 3.05) is 0 Å². The monoisotopic (exact) mass is 1280 g/mol. The molecular weight excluding hydrogens is 1200 g/mol. The Morgan fingerprint density at radius 3 is 0.912 bits per heavy atom. The van der Waals surface area contributed by atoms with Gasteiger partial charge in [0.1, 0.15) is 0 Å². The van der Waals surface area contributed by atoms with Crippen LogP contribution in [0.1, 0.15) is 183 Å². The van der Waals surface area contributed by atoms with Crippen LogP contribution < -0.4 is 0 Å². The van der Waals surface area contributed by atoms with E-state index in [-0.39, 0.29) is 46.5 Å². The second-order valence-corrected chi connectivity index (χ2v) is 24.6. The number of allylic oxidation sites excluding steroid dienone is 8. The van der Waals surface area contributed by atoms with E-state index in [9.17, 15) is 0 Å². The first-order chi connectivity index (χ1) is 30.3. The average molecular weight is 1280 g/mol. The molecule has 0 saturated carbocycles. The van der Waals surface area contributed by atoms with Gasteiger partial charge in [-0.1, -0.05) is 231 Å². The van der Waals surface area contributed by atoms with Crippen LogP contribution in [0.3, 0.4) is 0 Å². The van der Waals surface area contributed by atoms with Gasteiger partial charge < -0.3 is 0 Å². The third kappa shape index (κ3) is 17.6. The van der Waals surface area contributed by atoms with Gasteiger partial charge in [-0.3, -0.25) is 12.2 Å². The first-order valence-corrected chi connectivity index (χ1v) is 29.1. The Balaban J connectivity index is 0.000000460. The summed E-state index contributed by atoms with van der Waals surface area (Å²) in [5, 5.41) is 0. The van der Waals surface area contributed by atoms with Gasteiger partial charge in [0, 0.05) is 0 Å². The van der Waals surface area contributed by atoms with Crippen LogP contribution in [-0.4, -0.2) is 8.52 Å². The molecule has 0 fully saturated rings. The molecule has 0 nitrogen and oxygen atoms in total. The minimum atomic E-state index is 0. The molecular formula is C64H86Cl2Hf2. The van der Waals surface area contributed by atoms with Crippen LogP contribution in [-0.2, 0) is 82.3 Å². The summed E-state index contributed by atoms with van der Waals surface area (Å²) in [6, 6.07) is 30.1. The molecule has 4 aromatic carbocycles. The van der Waals surface area contributed by atoms with E-state index < -0.39 is 0 Å². The van der Waals surface area contributed by atoms with Gasteiger partial charge in [-0.15, -0.1) is 35.9 Å². The summed E-state index contributed by atoms with van der Waals surface area (Å²) in [5.74, 6) is 1.04. The molecule has 0 spiro atoms. The van der Waals surface area contributed by atoms with Crippen LogP contribution in [0.25, 0.3) is 22.3 Å². The number of rotatable bonds is 0. The van der Waals surface area contributed by atoms with Crippen molar-refractivity contribution in [2.24, 2.45) is 22.7 Å². The Kier molecular flexibility index (Phi) is 24.0. The van der Waals surface area contributed by atoms with Gasteiger partial charge in [-0.25, -0.2) is 12.2 Å². The molecule has 0 bridgehead atoms. The van der Waals surface area contributed by atoms with E-state index in [1.54, 1.807) is 0 Å². The van der Waals surface area contributed by atoms with E-state index in [1.807, 2.05) is 0 Å². The fourth-order valence-electron chi connectivity index (χ4n) is 8.08. The molecule has 4 aliphatic rings. The van der Waals surface area contributed by atoms with E-state index in [0.29, 0.717) is 22.7 Å². The Morgan fingerprint density at radius 1 is 0.412 bits per heavy atom. The summed E-state index contributed by atoms with van der Waals surface area (Å²) in [4.78, 5) is 0. The maximum atomic E-state index is 3.53. The van der Waals surface area contributed by atoms with Crippen LogP contribution in [0.15, 0.2) is 96.1 Å². The number of benzene rings is 4. The van der Waals surface area contributed by atoms with Crippen molar-refractivity contribution in [3.05, 3.63) is 165 Å². The number of fused-ring (bicyclic) bond motifs is 6. The van der Waals surface area contributed by atoms with E-state index in [0.717, 1.165) is 60.6 Å². The van der Waals surface area contributed by atoms with Crippen molar-refractivity contribution in [1.82, 2.24) is 0 Å². The molecule has 2 unspecified atom stereocenters. The maximum absolute atomic E-state index is 3.53. The number of halogens is 2. The van der Waals surface area contributed by atoms with E-state index >= 15 is 0 Å². The van der Waals surface area contributed by atoms with Crippen LogP contribution in [0.4, 0.5) is 0 Å². The molecule has 4 heteroatoms. The third-order valence-electron chi connectivity index (χ3n) is 12.6. The standard InChI is InChI=1S/2C21H25.2C10H15.2CH2.2ClH.2Hf/c2*1-20(2,3)16-9-7-14-11-15-8-10-17(21(4,5)6)13-19(15)18(14)12-16;2*1-8-5-6-9(7-8)10(2,3)4;;;;;;/h2*7,9-10,12-13H,11H2,1-6H3;2*6-8H,1-4H3;2*1H2;2*1H;;/q4*-1;;;;;2*+2. The zero-order chi connectivity index (χ0) is 50.4. The summed E-state index contributed by atoms with van der Waals surface area (Å²) >= 11 is 2.11. The molecule has 0 saturated heterocycles. The molecule has 0 N–H and O–H groups in total. The molecule has 0 heterocycles. The van der Waals surface area contributed by atoms with Gasteiger partial charge in [-0.05, 0) is 34.8 Å². The molecule has 0 aromatic heterocycles. The van der Waals surface area contributed by atoms with Crippen LogP contribution in [0, 0.1) is 47.0 Å². The first-order valence-electron chi connectivity index (χ1n) is 24.0. The van der Waals surface area contributed by atoms with Gasteiger partial charge >= 0.3 is 56.3 Å². The van der Waals surface area contributed by atoms with Crippen LogP contribution >= 0.6 is 24.8 Å². The predicted molar refractivity (Wildman–Crippen MR) is 300 cm³/mol. The van der Waals surface area contributed by atoms with Crippen molar-refractivity contribution in [3.63, 3.8) is 0 Å². The summed E-state index contributed by atoms with van der Waals surface area (Å²) in [7, 11) is 0. The van der Waals surface area contributed by atoms with Gasteiger partial charge in [0.05, 0.1) is 0 Å². The zero-order valence-electron chi connectivity index (χ0n) is 45.9. The second kappa shape index (κ2) is 25.5. The molecule has 68 heavy (non-hydrogen) atoms. The Morgan fingerprint density at radius 2 is 0.691 bits per heavy atom. The summed E-state index contributed by atoms with van der Waals surface area (Å²) < 4.78 is 6.78. The molecule has 0 amide bonds. The minimum absolute atomic E-state index is 0. The van der Waals surface area contributed by atoms with Gasteiger partial charge in [-0.2, -0.15) is 82.0 Å². The Hall–Kier alpha value is -2.10. The molecule has 4 aliphatic carbocycles. The molecule has 0 radical (unpaired) electrons. The second-order valence-electron chi connectivity index (χ2n) is 24.6. The SMILES string of the molecule is CC(C)(C)c1c[c-]c2c(c1)-c1cc(C(C)(C)C)ccc1C2.CC(C)(C)c1c[c-]c2c(c1)-c1cc(C(C)(C)C)ccc1C2.CC1[C-]=CC(C(C)(C)C)=C1.CC1[C-]=CC(C(C)(C)C)=C1.Cl.Cl.[CH2]=[Hf+2].[CH2]=[Hf+2]. The summed E-state index contributed by atoms with van der Waals surface area (Å²) in [5.41, 5.74) is 21.0. The first kappa shape index (κ1) is 63.9. The predicted octanol–water partition coefficient (Wildman–Crippen LogP) is 18.0. The van der Waals surface area contributed by atoms with Crippen molar-refractivity contribution >= 4 is 33.3 Å². The van der Waals surface area contributed by atoms with E-state index in [1.165, 1.54) is 77.9 Å². The molecule has 364 valence electrons. The number of hydrogen-bond donors (Lipinski definition) is 0. The fourth-order valence-corrected chi connectivity index (χ4v) is 8.08. The normalized spacial score (nSPS) is 16.2. The van der Waals surface area contributed by atoms with Crippen molar-refractivity contribution in [2.45, 2.75) is 173 Å². The summed E-state index contributed by atoms with van der Waals surface area (Å²) in [6.45, 7) is 45.0. The van der Waals surface area contributed by atoms with Crippen LogP contribution in [0.5, 0.6) is 0 Å². The zero-order valence-corrected chi connectivity index (χ0v) is 54.7. The molecule has 8 rings (SSSR count). The van der Waals surface area contributed by atoms with Crippen molar-refractivity contribution < 1.29 is 47.8 Å².